The van der Waals surface area contributed by atoms with Crippen molar-refractivity contribution in [2.24, 2.45) is 5.92 Å². The highest BCUT2D eigenvalue weighted by molar-refractivity contribution is 6.30. The van der Waals surface area contributed by atoms with E-state index in [2.05, 4.69) is 10.3 Å². The van der Waals surface area contributed by atoms with Crippen molar-refractivity contribution in [3.05, 3.63) is 89.2 Å². The van der Waals surface area contributed by atoms with E-state index < -0.39 is 0 Å². The standard InChI is InChI=1S/C27H30ClN3O3/c1-33-24-7-2-3-8-25(24)34-19-18-31(27(32)21-13-16-29-17-14-21)26(23-6-4-5-15-30-23)20-9-11-22(28)12-10-20/h2-12,15,21,26,29H,13-14,16-19H2,1H3/t26-/m0/s1. The van der Waals surface area contributed by atoms with Gasteiger partial charge >= 0.3 is 0 Å². The first kappa shape index (κ1) is 24.0. The van der Waals surface area contributed by atoms with Crippen LogP contribution in [0, 0.1) is 5.92 Å². The van der Waals surface area contributed by atoms with Crippen LogP contribution in [0.25, 0.3) is 0 Å². The fourth-order valence-electron chi connectivity index (χ4n) is 4.36. The number of carbonyl (C=O) groups excluding carboxylic acids is 1. The van der Waals surface area contributed by atoms with Crippen molar-refractivity contribution < 1.29 is 14.3 Å². The van der Waals surface area contributed by atoms with Gasteiger partial charge in [-0.3, -0.25) is 9.78 Å². The van der Waals surface area contributed by atoms with Crippen molar-refractivity contribution >= 4 is 17.5 Å². The second kappa shape index (κ2) is 11.9. The number of nitrogens with zero attached hydrogens (tertiary/aromatic N) is 2. The quantitative estimate of drug-likeness (QED) is 0.480. The number of hydrogen-bond acceptors (Lipinski definition) is 5. The first-order valence-corrected chi connectivity index (χ1v) is 12.0. The largest absolute Gasteiger partial charge is 0.493 e. The molecule has 2 heterocycles. The van der Waals surface area contributed by atoms with Crippen molar-refractivity contribution in [3.8, 4) is 11.5 Å². The Morgan fingerprint density at radius 3 is 2.44 bits per heavy atom. The van der Waals surface area contributed by atoms with Crippen LogP contribution in [0.5, 0.6) is 11.5 Å². The Kier molecular flexibility index (Phi) is 8.39. The molecule has 0 bridgehead atoms. The van der Waals surface area contributed by atoms with Crippen LogP contribution in [0.2, 0.25) is 5.02 Å². The zero-order chi connectivity index (χ0) is 23.8. The number of benzene rings is 2. The van der Waals surface area contributed by atoms with Gasteiger partial charge in [0.15, 0.2) is 11.5 Å². The second-order valence-corrected chi connectivity index (χ2v) is 8.70. The van der Waals surface area contributed by atoms with E-state index >= 15 is 0 Å². The number of hydrogen-bond donors (Lipinski definition) is 1. The van der Waals surface area contributed by atoms with Crippen molar-refractivity contribution in [2.75, 3.05) is 33.4 Å². The topological polar surface area (TPSA) is 63.7 Å². The molecule has 0 aliphatic carbocycles. The summed E-state index contributed by atoms with van der Waals surface area (Å²) in [5.41, 5.74) is 1.77. The minimum atomic E-state index is -0.345. The number of amides is 1. The fourth-order valence-corrected chi connectivity index (χ4v) is 4.48. The van der Waals surface area contributed by atoms with Crippen molar-refractivity contribution in [1.29, 1.82) is 0 Å². The van der Waals surface area contributed by atoms with Crippen LogP contribution in [-0.4, -0.2) is 49.1 Å². The summed E-state index contributed by atoms with van der Waals surface area (Å²) < 4.78 is 11.5. The molecular weight excluding hydrogens is 450 g/mol. The van der Waals surface area contributed by atoms with Crippen LogP contribution in [0.3, 0.4) is 0 Å². The highest BCUT2D eigenvalue weighted by Gasteiger charge is 2.33. The van der Waals surface area contributed by atoms with E-state index in [1.165, 1.54) is 0 Å². The molecule has 34 heavy (non-hydrogen) atoms. The van der Waals surface area contributed by atoms with E-state index in [1.807, 2.05) is 71.6 Å². The second-order valence-electron chi connectivity index (χ2n) is 8.26. The molecule has 4 rings (SSSR count). The molecule has 6 nitrogen and oxygen atoms in total. The molecule has 1 atom stereocenters. The van der Waals surface area contributed by atoms with Gasteiger partial charge in [0.05, 0.1) is 25.4 Å². The van der Waals surface area contributed by atoms with E-state index in [9.17, 15) is 4.79 Å². The molecule has 0 saturated carbocycles. The van der Waals surface area contributed by atoms with Crippen molar-refractivity contribution in [1.82, 2.24) is 15.2 Å². The van der Waals surface area contributed by atoms with Crippen LogP contribution in [0.1, 0.15) is 30.1 Å². The summed E-state index contributed by atoms with van der Waals surface area (Å²) in [6.07, 6.45) is 3.40. The number of pyridine rings is 1. The van der Waals surface area contributed by atoms with Gasteiger partial charge in [0, 0.05) is 17.1 Å². The number of carbonyl (C=O) groups is 1. The highest BCUT2D eigenvalue weighted by Crippen LogP contribution is 2.32. The van der Waals surface area contributed by atoms with Gasteiger partial charge in [-0.15, -0.1) is 0 Å². The molecule has 0 unspecified atom stereocenters. The summed E-state index contributed by atoms with van der Waals surface area (Å²) in [7, 11) is 1.62. The third kappa shape index (κ3) is 5.88. The van der Waals surface area contributed by atoms with Crippen molar-refractivity contribution in [3.63, 3.8) is 0 Å². The molecule has 3 aromatic rings. The number of para-hydroxylation sites is 2. The maximum atomic E-state index is 13.9. The molecule has 7 heteroatoms. The molecular formula is C27H30ClN3O3. The zero-order valence-electron chi connectivity index (χ0n) is 19.3. The summed E-state index contributed by atoms with van der Waals surface area (Å²) in [6, 6.07) is 20.6. The van der Waals surface area contributed by atoms with Gasteiger partial charge < -0.3 is 19.7 Å². The monoisotopic (exact) mass is 479 g/mol. The van der Waals surface area contributed by atoms with E-state index in [-0.39, 0.29) is 17.9 Å². The third-order valence-electron chi connectivity index (χ3n) is 6.10. The van der Waals surface area contributed by atoms with Crippen LogP contribution in [0.15, 0.2) is 72.9 Å². The van der Waals surface area contributed by atoms with Gasteiger partial charge in [0.1, 0.15) is 6.61 Å². The summed E-state index contributed by atoms with van der Waals surface area (Å²) in [5.74, 6) is 1.40. The Morgan fingerprint density at radius 2 is 1.76 bits per heavy atom. The SMILES string of the molecule is COc1ccccc1OCCN(C(=O)C1CCNCC1)[C@@H](c1ccc(Cl)cc1)c1ccccn1. The average molecular weight is 480 g/mol. The summed E-state index contributed by atoms with van der Waals surface area (Å²) in [4.78, 5) is 20.4. The third-order valence-corrected chi connectivity index (χ3v) is 6.35. The van der Waals surface area contributed by atoms with Gasteiger partial charge in [0.2, 0.25) is 5.91 Å². The summed E-state index contributed by atoms with van der Waals surface area (Å²) in [5, 5.41) is 4.00. The molecule has 0 radical (unpaired) electrons. The molecule has 1 saturated heterocycles. The lowest BCUT2D eigenvalue weighted by atomic mass is 9.93. The van der Waals surface area contributed by atoms with E-state index in [4.69, 9.17) is 21.1 Å². The maximum Gasteiger partial charge on any atom is 0.226 e. The van der Waals surface area contributed by atoms with Gasteiger partial charge in [-0.25, -0.2) is 0 Å². The van der Waals surface area contributed by atoms with Gasteiger partial charge in [-0.2, -0.15) is 0 Å². The smallest absolute Gasteiger partial charge is 0.226 e. The number of aromatic nitrogens is 1. The lowest BCUT2D eigenvalue weighted by Gasteiger charge is -2.35. The van der Waals surface area contributed by atoms with Crippen LogP contribution < -0.4 is 14.8 Å². The predicted molar refractivity (Wildman–Crippen MR) is 133 cm³/mol. The zero-order valence-corrected chi connectivity index (χ0v) is 20.1. The van der Waals surface area contributed by atoms with Gasteiger partial charge in [-0.05, 0) is 67.9 Å². The van der Waals surface area contributed by atoms with Crippen LogP contribution in [0.4, 0.5) is 0 Å². The normalized spacial score (nSPS) is 14.9. The molecule has 1 aliphatic rings. The average Bonchev–Trinajstić information content (AvgIpc) is 2.90. The lowest BCUT2D eigenvalue weighted by Crippen LogP contribution is -2.45. The predicted octanol–water partition coefficient (Wildman–Crippen LogP) is 4.74. The van der Waals surface area contributed by atoms with Gasteiger partial charge in [-0.1, -0.05) is 41.9 Å². The fraction of sp³-hybridized carbons (Fsp3) is 0.333. The Hall–Kier alpha value is -3.09. The molecule has 1 amide bonds. The summed E-state index contributed by atoms with van der Waals surface area (Å²) >= 11 is 6.17. The molecule has 2 aromatic carbocycles. The number of ether oxygens (including phenoxy) is 2. The Balaban J connectivity index is 1.65. The lowest BCUT2D eigenvalue weighted by molar-refractivity contribution is -0.138. The molecule has 178 valence electrons. The van der Waals surface area contributed by atoms with E-state index in [0.717, 1.165) is 37.2 Å². The number of nitrogens with one attached hydrogen (secondary N) is 1. The molecule has 1 fully saturated rings. The number of methoxy groups -OCH3 is 1. The molecule has 1 aromatic heterocycles. The summed E-state index contributed by atoms with van der Waals surface area (Å²) in [6.45, 7) is 2.42. The van der Waals surface area contributed by atoms with Gasteiger partial charge in [0.25, 0.3) is 0 Å². The maximum absolute atomic E-state index is 13.9. The first-order valence-electron chi connectivity index (χ1n) is 11.6. The van der Waals surface area contributed by atoms with Crippen molar-refractivity contribution in [2.45, 2.75) is 18.9 Å². The highest BCUT2D eigenvalue weighted by atomic mass is 35.5. The molecule has 1 aliphatic heterocycles. The Labute approximate surface area is 205 Å². The number of rotatable bonds is 9. The minimum absolute atomic E-state index is 0.0361. The first-order chi connectivity index (χ1) is 16.7. The van der Waals surface area contributed by atoms with E-state index in [0.29, 0.717) is 29.7 Å². The Bertz CT molecular complexity index is 1060. The van der Waals surface area contributed by atoms with E-state index in [1.54, 1.807) is 13.3 Å². The minimum Gasteiger partial charge on any atom is -0.493 e. The van der Waals surface area contributed by atoms with Crippen LogP contribution >= 0.6 is 11.6 Å². The number of halogens is 1. The Morgan fingerprint density at radius 1 is 1.06 bits per heavy atom. The number of piperidine rings is 1. The molecule has 1 N–H and O–H groups in total. The molecule has 0 spiro atoms. The van der Waals surface area contributed by atoms with Crippen LogP contribution in [-0.2, 0) is 4.79 Å².